The molecular weight excluding hydrogens is 333 g/mol. The first kappa shape index (κ1) is 17.0. The van der Waals surface area contributed by atoms with Crippen molar-refractivity contribution in [1.29, 1.82) is 0 Å². The molecule has 7 heteroatoms. The molecule has 0 fully saturated rings. The van der Waals surface area contributed by atoms with Gasteiger partial charge in [-0.05, 0) is 60.9 Å². The van der Waals surface area contributed by atoms with Crippen molar-refractivity contribution in [3.63, 3.8) is 0 Å². The number of hydrogen-bond donors (Lipinski definition) is 2. The minimum atomic E-state index is -4.41. The molecule has 0 radical (unpaired) electrons. The van der Waals surface area contributed by atoms with Crippen molar-refractivity contribution in [3.05, 3.63) is 59.2 Å². The van der Waals surface area contributed by atoms with Crippen molar-refractivity contribution in [2.75, 3.05) is 10.6 Å². The molecule has 0 unspecified atom stereocenters. The van der Waals surface area contributed by atoms with Gasteiger partial charge in [0.1, 0.15) is 0 Å². The smallest absolute Gasteiger partial charge is 0.326 e. The maximum absolute atomic E-state index is 12.6. The maximum atomic E-state index is 12.6. The molecule has 25 heavy (non-hydrogen) atoms. The largest absolute Gasteiger partial charge is 0.416 e. The van der Waals surface area contributed by atoms with Gasteiger partial charge in [0.05, 0.1) is 5.56 Å². The first-order chi connectivity index (χ1) is 11.8. The number of nitrogens with one attached hydrogen (secondary N) is 2. The molecule has 0 aromatic heterocycles. The van der Waals surface area contributed by atoms with Gasteiger partial charge in [-0.2, -0.15) is 13.2 Å². The number of rotatable bonds is 2. The topological polar surface area (TPSA) is 58.2 Å². The minimum Gasteiger partial charge on any atom is -0.326 e. The molecule has 1 aliphatic heterocycles. The number of amides is 2. The van der Waals surface area contributed by atoms with Crippen molar-refractivity contribution in [3.8, 4) is 0 Å². The van der Waals surface area contributed by atoms with Crippen LogP contribution in [0, 0.1) is 0 Å². The Morgan fingerprint density at radius 3 is 2.44 bits per heavy atom. The Labute approximate surface area is 142 Å². The monoisotopic (exact) mass is 348 g/mol. The fraction of sp³-hybridized carbons (Fsp3) is 0.222. The summed E-state index contributed by atoms with van der Waals surface area (Å²) in [6.07, 6.45) is -2.61. The quantitative estimate of drug-likeness (QED) is 0.853. The molecule has 4 nitrogen and oxygen atoms in total. The molecule has 0 spiro atoms. The second-order valence-electron chi connectivity index (χ2n) is 5.80. The minimum absolute atomic E-state index is 0.0549. The summed E-state index contributed by atoms with van der Waals surface area (Å²) >= 11 is 0. The van der Waals surface area contributed by atoms with Crippen molar-refractivity contribution < 1.29 is 22.8 Å². The molecule has 3 rings (SSSR count). The number of carbonyl (C=O) groups excluding carboxylic acids is 2. The predicted octanol–water partition coefficient (Wildman–Crippen LogP) is 4.23. The van der Waals surface area contributed by atoms with Crippen molar-refractivity contribution in [2.24, 2.45) is 0 Å². The van der Waals surface area contributed by atoms with Crippen molar-refractivity contribution in [1.82, 2.24) is 0 Å². The van der Waals surface area contributed by atoms with Crippen molar-refractivity contribution >= 4 is 23.2 Å². The second kappa shape index (κ2) is 6.58. The summed E-state index contributed by atoms with van der Waals surface area (Å²) in [5, 5.41) is 5.36. The van der Waals surface area contributed by atoms with E-state index in [1.807, 2.05) is 0 Å². The van der Waals surface area contributed by atoms with Crippen LogP contribution in [-0.2, 0) is 17.4 Å². The summed E-state index contributed by atoms with van der Waals surface area (Å²) in [6, 6.07) is 9.20. The van der Waals surface area contributed by atoms with Crippen LogP contribution in [0.5, 0.6) is 0 Å². The van der Waals surface area contributed by atoms with Gasteiger partial charge in [0, 0.05) is 23.4 Å². The lowest BCUT2D eigenvalue weighted by Gasteiger charge is -2.11. The van der Waals surface area contributed by atoms with E-state index in [0.717, 1.165) is 17.7 Å². The van der Waals surface area contributed by atoms with Crippen LogP contribution in [0.15, 0.2) is 42.5 Å². The van der Waals surface area contributed by atoms with Crippen molar-refractivity contribution in [2.45, 2.75) is 25.4 Å². The van der Waals surface area contributed by atoms with E-state index in [-0.39, 0.29) is 11.6 Å². The number of anilines is 2. The van der Waals surface area contributed by atoms with Gasteiger partial charge < -0.3 is 10.6 Å². The molecule has 0 saturated carbocycles. The van der Waals surface area contributed by atoms with Crippen LogP contribution in [0.2, 0.25) is 0 Å². The highest BCUT2D eigenvalue weighted by atomic mass is 19.4. The van der Waals surface area contributed by atoms with Gasteiger partial charge in [-0.25, -0.2) is 0 Å². The number of hydrogen-bond acceptors (Lipinski definition) is 2. The van der Waals surface area contributed by atoms with E-state index in [0.29, 0.717) is 30.5 Å². The summed E-state index contributed by atoms with van der Waals surface area (Å²) in [4.78, 5) is 23.8. The van der Waals surface area contributed by atoms with Gasteiger partial charge in [0.25, 0.3) is 5.91 Å². The normalized spacial score (nSPS) is 14.3. The van der Waals surface area contributed by atoms with Crippen LogP contribution in [0.4, 0.5) is 24.5 Å². The fourth-order valence-electron chi connectivity index (χ4n) is 2.66. The molecule has 2 amide bonds. The summed E-state index contributed by atoms with van der Waals surface area (Å²) in [5.41, 5.74) is 1.45. The van der Waals surface area contributed by atoms with Gasteiger partial charge in [-0.3, -0.25) is 9.59 Å². The average Bonchev–Trinajstić information content (AvgIpc) is 2.74. The van der Waals surface area contributed by atoms with E-state index >= 15 is 0 Å². The summed E-state index contributed by atoms with van der Waals surface area (Å²) in [6.45, 7) is 0. The van der Waals surface area contributed by atoms with E-state index in [2.05, 4.69) is 10.6 Å². The van der Waals surface area contributed by atoms with Gasteiger partial charge >= 0.3 is 6.18 Å². The Hall–Kier alpha value is -2.83. The molecule has 130 valence electrons. The number of halogens is 3. The number of aryl methyl sites for hydroxylation is 1. The average molecular weight is 348 g/mol. The van der Waals surface area contributed by atoms with Crippen LogP contribution in [0.1, 0.15) is 34.3 Å². The highest BCUT2D eigenvalue weighted by Gasteiger charge is 2.30. The third-order valence-corrected chi connectivity index (χ3v) is 3.96. The Balaban J connectivity index is 1.75. The van der Waals surface area contributed by atoms with E-state index in [1.165, 1.54) is 12.1 Å². The summed E-state index contributed by atoms with van der Waals surface area (Å²) in [7, 11) is 0. The molecule has 0 saturated heterocycles. The molecule has 2 aromatic rings. The lowest BCUT2D eigenvalue weighted by molar-refractivity contribution is -0.137. The van der Waals surface area contributed by atoms with Crippen LogP contribution < -0.4 is 10.6 Å². The Morgan fingerprint density at radius 2 is 1.76 bits per heavy atom. The van der Waals surface area contributed by atoms with Gasteiger partial charge in [-0.15, -0.1) is 0 Å². The first-order valence-electron chi connectivity index (χ1n) is 7.74. The van der Waals surface area contributed by atoms with Crippen LogP contribution >= 0.6 is 0 Å². The summed E-state index contributed by atoms with van der Waals surface area (Å²) < 4.78 is 37.7. The van der Waals surface area contributed by atoms with Crippen LogP contribution in [0.3, 0.4) is 0 Å². The molecular formula is C18H15F3N2O2. The van der Waals surface area contributed by atoms with Gasteiger partial charge in [0.2, 0.25) is 5.91 Å². The highest BCUT2D eigenvalue weighted by molar-refractivity contribution is 6.05. The maximum Gasteiger partial charge on any atom is 0.416 e. The number of carbonyl (C=O) groups is 2. The number of fused-ring (bicyclic) bond motifs is 1. The molecule has 1 heterocycles. The second-order valence-corrected chi connectivity index (χ2v) is 5.80. The standard InChI is InChI=1S/C18H15F3N2O2/c19-18(20,21)13-5-7-14(8-6-13)22-17(25)12-4-9-15-11(10-12)2-1-3-16(24)23-15/h4-10H,1-3H2,(H,22,25)(H,23,24). The number of benzene rings is 2. The zero-order valence-electron chi connectivity index (χ0n) is 13.1. The Kier molecular flexibility index (Phi) is 4.48. The SMILES string of the molecule is O=C1CCCc2cc(C(=O)Nc3ccc(C(F)(F)F)cc3)ccc2N1. The lowest BCUT2D eigenvalue weighted by Crippen LogP contribution is -2.13. The lowest BCUT2D eigenvalue weighted by atomic mass is 10.0. The molecule has 2 aromatic carbocycles. The zero-order valence-corrected chi connectivity index (χ0v) is 13.1. The van der Waals surface area contributed by atoms with Crippen LogP contribution in [0.25, 0.3) is 0 Å². The van der Waals surface area contributed by atoms with Crippen LogP contribution in [-0.4, -0.2) is 11.8 Å². The molecule has 0 aliphatic carbocycles. The third-order valence-electron chi connectivity index (χ3n) is 3.96. The molecule has 0 atom stereocenters. The van der Waals surface area contributed by atoms with E-state index < -0.39 is 17.6 Å². The molecule has 0 bridgehead atoms. The van der Waals surface area contributed by atoms with Gasteiger partial charge in [0.15, 0.2) is 0 Å². The third kappa shape index (κ3) is 3.99. The number of alkyl halides is 3. The van der Waals surface area contributed by atoms with E-state index in [4.69, 9.17) is 0 Å². The molecule has 1 aliphatic rings. The predicted molar refractivity (Wildman–Crippen MR) is 87.4 cm³/mol. The fourth-order valence-corrected chi connectivity index (χ4v) is 2.66. The first-order valence-corrected chi connectivity index (χ1v) is 7.74. The Bertz CT molecular complexity index is 814. The Morgan fingerprint density at radius 1 is 1.04 bits per heavy atom. The van der Waals surface area contributed by atoms with E-state index in [1.54, 1.807) is 18.2 Å². The van der Waals surface area contributed by atoms with Gasteiger partial charge in [-0.1, -0.05) is 0 Å². The van der Waals surface area contributed by atoms with E-state index in [9.17, 15) is 22.8 Å². The summed E-state index contributed by atoms with van der Waals surface area (Å²) in [5.74, 6) is -0.473. The zero-order chi connectivity index (χ0) is 18.0. The molecule has 2 N–H and O–H groups in total. The highest BCUT2D eigenvalue weighted by Crippen LogP contribution is 2.30.